The van der Waals surface area contributed by atoms with Gasteiger partial charge in [0.25, 0.3) is 0 Å². The third-order valence-electron chi connectivity index (χ3n) is 4.23. The molecule has 4 heteroatoms. The lowest BCUT2D eigenvalue weighted by Gasteiger charge is -2.33. The fourth-order valence-corrected chi connectivity index (χ4v) is 2.85. The zero-order chi connectivity index (χ0) is 18.1. The van der Waals surface area contributed by atoms with Crippen LogP contribution >= 0.6 is 0 Å². The summed E-state index contributed by atoms with van der Waals surface area (Å²) in [6.07, 6.45) is 7.25. The Bertz CT molecular complexity index is 540. The van der Waals surface area contributed by atoms with Gasteiger partial charge >= 0.3 is 6.09 Å². The third-order valence-corrected chi connectivity index (χ3v) is 4.23. The highest BCUT2D eigenvalue weighted by Gasteiger charge is 2.26. The molecule has 0 atom stereocenters. The Hall–Kier alpha value is -1.81. The van der Waals surface area contributed by atoms with E-state index < -0.39 is 5.60 Å². The summed E-state index contributed by atoms with van der Waals surface area (Å²) in [5, 5.41) is 0. The molecule has 0 aliphatic carbocycles. The SMILES string of the molecule is CC(C)(C)OC(=O)N1CCC(C/C=C\COCc2ccccc2)CC1. The van der Waals surface area contributed by atoms with E-state index in [-0.39, 0.29) is 6.09 Å². The number of carbonyl (C=O) groups excluding carboxylic acids is 1. The largest absolute Gasteiger partial charge is 0.444 e. The van der Waals surface area contributed by atoms with Crippen molar-refractivity contribution in [1.82, 2.24) is 4.90 Å². The van der Waals surface area contributed by atoms with E-state index in [2.05, 4.69) is 24.3 Å². The van der Waals surface area contributed by atoms with E-state index in [1.807, 2.05) is 43.9 Å². The Labute approximate surface area is 151 Å². The molecule has 2 rings (SSSR count). The maximum Gasteiger partial charge on any atom is 0.410 e. The summed E-state index contributed by atoms with van der Waals surface area (Å²) in [4.78, 5) is 13.9. The molecule has 138 valence electrons. The van der Waals surface area contributed by atoms with Crippen LogP contribution in [0.15, 0.2) is 42.5 Å². The zero-order valence-electron chi connectivity index (χ0n) is 15.7. The van der Waals surface area contributed by atoms with E-state index in [0.717, 1.165) is 32.4 Å². The molecule has 0 N–H and O–H groups in total. The van der Waals surface area contributed by atoms with Crippen LogP contribution in [0.1, 0.15) is 45.6 Å². The van der Waals surface area contributed by atoms with Crippen molar-refractivity contribution in [1.29, 1.82) is 0 Å². The quantitative estimate of drug-likeness (QED) is 0.549. The van der Waals surface area contributed by atoms with Gasteiger partial charge in [-0.3, -0.25) is 0 Å². The van der Waals surface area contributed by atoms with Crippen molar-refractivity contribution >= 4 is 6.09 Å². The van der Waals surface area contributed by atoms with Crippen LogP contribution in [0, 0.1) is 5.92 Å². The molecule has 1 fully saturated rings. The standard InChI is InChI=1S/C21H31NO3/c1-21(2,3)25-20(23)22-14-12-18(13-15-22)9-7-8-16-24-17-19-10-5-4-6-11-19/h4-8,10-11,18H,9,12-17H2,1-3H3/b8-7-. The van der Waals surface area contributed by atoms with Crippen LogP contribution in [-0.4, -0.2) is 36.3 Å². The first kappa shape index (κ1) is 19.5. The molecule has 1 heterocycles. The molecule has 0 bridgehead atoms. The molecule has 25 heavy (non-hydrogen) atoms. The predicted octanol–water partition coefficient (Wildman–Crippen LogP) is 4.80. The number of hydrogen-bond donors (Lipinski definition) is 0. The van der Waals surface area contributed by atoms with Crippen molar-refractivity contribution in [2.75, 3.05) is 19.7 Å². The summed E-state index contributed by atoms with van der Waals surface area (Å²) in [5.74, 6) is 0.643. The fraction of sp³-hybridized carbons (Fsp3) is 0.571. The predicted molar refractivity (Wildman–Crippen MR) is 100 cm³/mol. The normalized spacial score (nSPS) is 16.4. The molecule has 1 aromatic rings. The van der Waals surface area contributed by atoms with Gasteiger partial charge in [0, 0.05) is 13.1 Å². The summed E-state index contributed by atoms with van der Waals surface area (Å²) >= 11 is 0. The second-order valence-corrected chi connectivity index (χ2v) is 7.62. The molecule has 1 aromatic carbocycles. The van der Waals surface area contributed by atoms with Gasteiger partial charge < -0.3 is 14.4 Å². The molecular weight excluding hydrogens is 314 g/mol. The molecule has 1 aliphatic rings. The van der Waals surface area contributed by atoms with Gasteiger partial charge in [0.2, 0.25) is 0 Å². The van der Waals surface area contributed by atoms with Gasteiger partial charge in [-0.05, 0) is 51.5 Å². The number of benzene rings is 1. The molecule has 1 aliphatic heterocycles. The van der Waals surface area contributed by atoms with Gasteiger partial charge in [0.1, 0.15) is 5.60 Å². The summed E-state index contributed by atoms with van der Waals surface area (Å²) in [5.41, 5.74) is 0.779. The lowest BCUT2D eigenvalue weighted by atomic mass is 9.93. The van der Waals surface area contributed by atoms with Gasteiger partial charge in [-0.2, -0.15) is 0 Å². The minimum Gasteiger partial charge on any atom is -0.444 e. The Balaban J connectivity index is 1.58. The van der Waals surface area contributed by atoms with E-state index in [4.69, 9.17) is 9.47 Å². The molecule has 0 radical (unpaired) electrons. The van der Waals surface area contributed by atoms with Gasteiger partial charge in [-0.1, -0.05) is 42.5 Å². The number of allylic oxidation sites excluding steroid dienone is 1. The number of ether oxygens (including phenoxy) is 2. The molecule has 0 spiro atoms. The van der Waals surface area contributed by atoms with Gasteiger partial charge in [0.15, 0.2) is 0 Å². The number of hydrogen-bond acceptors (Lipinski definition) is 3. The molecule has 0 aromatic heterocycles. The van der Waals surface area contributed by atoms with Gasteiger partial charge in [-0.15, -0.1) is 0 Å². The van der Waals surface area contributed by atoms with Crippen LogP contribution in [0.25, 0.3) is 0 Å². The number of piperidine rings is 1. The fourth-order valence-electron chi connectivity index (χ4n) is 2.85. The average molecular weight is 345 g/mol. The minimum absolute atomic E-state index is 0.184. The highest BCUT2D eigenvalue weighted by Crippen LogP contribution is 2.22. The van der Waals surface area contributed by atoms with Crippen LogP contribution in [-0.2, 0) is 16.1 Å². The molecule has 1 saturated heterocycles. The van der Waals surface area contributed by atoms with Crippen molar-refractivity contribution in [2.45, 2.75) is 52.2 Å². The minimum atomic E-state index is -0.420. The van der Waals surface area contributed by atoms with Crippen LogP contribution in [0.5, 0.6) is 0 Å². The van der Waals surface area contributed by atoms with E-state index in [0.29, 0.717) is 19.1 Å². The molecule has 1 amide bonds. The topological polar surface area (TPSA) is 38.8 Å². The maximum atomic E-state index is 12.0. The molecular formula is C21H31NO3. The van der Waals surface area contributed by atoms with Crippen molar-refractivity contribution < 1.29 is 14.3 Å². The first-order chi connectivity index (χ1) is 11.9. The Morgan fingerprint density at radius 3 is 2.48 bits per heavy atom. The lowest BCUT2D eigenvalue weighted by molar-refractivity contribution is 0.0185. The van der Waals surface area contributed by atoms with Crippen molar-refractivity contribution in [3.05, 3.63) is 48.0 Å². The molecule has 4 nitrogen and oxygen atoms in total. The van der Waals surface area contributed by atoms with Crippen LogP contribution < -0.4 is 0 Å². The third kappa shape index (κ3) is 7.74. The lowest BCUT2D eigenvalue weighted by Crippen LogP contribution is -2.41. The number of carbonyl (C=O) groups is 1. The average Bonchev–Trinajstić information content (AvgIpc) is 2.58. The number of likely N-dealkylation sites (tertiary alicyclic amines) is 1. The van der Waals surface area contributed by atoms with E-state index in [9.17, 15) is 4.79 Å². The maximum absolute atomic E-state index is 12.0. The number of amides is 1. The smallest absolute Gasteiger partial charge is 0.410 e. The summed E-state index contributed by atoms with van der Waals surface area (Å²) in [6.45, 7) is 8.59. The highest BCUT2D eigenvalue weighted by atomic mass is 16.6. The van der Waals surface area contributed by atoms with Crippen molar-refractivity contribution in [2.24, 2.45) is 5.92 Å². The Morgan fingerprint density at radius 2 is 1.84 bits per heavy atom. The highest BCUT2D eigenvalue weighted by molar-refractivity contribution is 5.68. The Morgan fingerprint density at radius 1 is 1.16 bits per heavy atom. The van der Waals surface area contributed by atoms with Crippen LogP contribution in [0.3, 0.4) is 0 Å². The number of nitrogens with zero attached hydrogens (tertiary/aromatic N) is 1. The summed E-state index contributed by atoms with van der Waals surface area (Å²) in [6, 6.07) is 10.2. The summed E-state index contributed by atoms with van der Waals surface area (Å²) < 4.78 is 11.1. The Kier molecular flexibility index (Phi) is 7.51. The van der Waals surface area contributed by atoms with Crippen LogP contribution in [0.2, 0.25) is 0 Å². The van der Waals surface area contributed by atoms with E-state index >= 15 is 0 Å². The second kappa shape index (κ2) is 9.62. The molecule has 0 saturated carbocycles. The van der Waals surface area contributed by atoms with E-state index in [1.54, 1.807) is 0 Å². The van der Waals surface area contributed by atoms with Crippen molar-refractivity contribution in [3.63, 3.8) is 0 Å². The van der Waals surface area contributed by atoms with Crippen molar-refractivity contribution in [3.8, 4) is 0 Å². The van der Waals surface area contributed by atoms with Gasteiger partial charge in [-0.25, -0.2) is 4.79 Å². The first-order valence-corrected chi connectivity index (χ1v) is 9.18. The monoisotopic (exact) mass is 345 g/mol. The van der Waals surface area contributed by atoms with E-state index in [1.165, 1.54) is 5.56 Å². The summed E-state index contributed by atoms with van der Waals surface area (Å²) in [7, 11) is 0. The molecule has 0 unspecified atom stereocenters. The van der Waals surface area contributed by atoms with Crippen LogP contribution in [0.4, 0.5) is 4.79 Å². The van der Waals surface area contributed by atoms with Gasteiger partial charge in [0.05, 0.1) is 13.2 Å². The zero-order valence-corrected chi connectivity index (χ0v) is 15.7. The first-order valence-electron chi connectivity index (χ1n) is 9.18. The number of rotatable bonds is 6. The second-order valence-electron chi connectivity index (χ2n) is 7.62.